The molecule has 2 saturated heterocycles. The van der Waals surface area contributed by atoms with Gasteiger partial charge in [0.05, 0.1) is 22.0 Å². The van der Waals surface area contributed by atoms with Crippen LogP contribution in [-0.2, 0) is 15.8 Å². The highest BCUT2D eigenvalue weighted by Crippen LogP contribution is 2.41. The SMILES string of the molecule is C=C(N/C=C\C)C(=O)N1CCC(CC2(C)SC(=NC(C)c3ccccc3C(F)(F)F)NC2=O)CC1. The molecule has 190 valence electrons. The average Bonchev–Trinajstić information content (AvgIpc) is 3.09. The third kappa shape index (κ3) is 6.48. The number of hydrogen-bond acceptors (Lipinski definition) is 5. The molecule has 2 fully saturated rings. The summed E-state index contributed by atoms with van der Waals surface area (Å²) in [5.41, 5.74) is -0.335. The minimum absolute atomic E-state index is 0.0681. The van der Waals surface area contributed by atoms with Crippen molar-refractivity contribution in [3.63, 3.8) is 0 Å². The van der Waals surface area contributed by atoms with Crippen molar-refractivity contribution in [1.82, 2.24) is 15.5 Å². The molecule has 0 saturated carbocycles. The summed E-state index contributed by atoms with van der Waals surface area (Å²) >= 11 is 1.27. The highest BCUT2D eigenvalue weighted by molar-refractivity contribution is 8.16. The van der Waals surface area contributed by atoms with Crippen molar-refractivity contribution in [2.45, 2.75) is 57.0 Å². The van der Waals surface area contributed by atoms with Crippen LogP contribution in [0.2, 0.25) is 0 Å². The molecule has 3 rings (SSSR count). The zero-order valence-electron chi connectivity index (χ0n) is 20.1. The number of amides is 2. The van der Waals surface area contributed by atoms with Crippen LogP contribution in [0.3, 0.4) is 0 Å². The number of carbonyl (C=O) groups excluding carboxylic acids is 2. The van der Waals surface area contributed by atoms with Crippen molar-refractivity contribution < 1.29 is 22.8 Å². The van der Waals surface area contributed by atoms with Crippen molar-refractivity contribution in [3.8, 4) is 0 Å². The number of thioether (sulfide) groups is 1. The van der Waals surface area contributed by atoms with Crippen LogP contribution >= 0.6 is 11.8 Å². The van der Waals surface area contributed by atoms with E-state index in [-0.39, 0.29) is 23.3 Å². The van der Waals surface area contributed by atoms with Gasteiger partial charge in [0.2, 0.25) is 5.91 Å². The Hall–Kier alpha value is -2.75. The van der Waals surface area contributed by atoms with E-state index in [9.17, 15) is 22.8 Å². The number of alkyl halides is 3. The van der Waals surface area contributed by atoms with Crippen LogP contribution in [0.5, 0.6) is 0 Å². The largest absolute Gasteiger partial charge is 0.416 e. The summed E-state index contributed by atoms with van der Waals surface area (Å²) in [6.07, 6.45) is 1.07. The number of benzene rings is 1. The fraction of sp³-hybridized carbons (Fsp3) is 0.480. The van der Waals surface area contributed by atoms with E-state index >= 15 is 0 Å². The van der Waals surface area contributed by atoms with Gasteiger partial charge < -0.3 is 15.5 Å². The zero-order valence-corrected chi connectivity index (χ0v) is 20.9. The first-order chi connectivity index (χ1) is 16.4. The van der Waals surface area contributed by atoms with E-state index in [1.807, 2.05) is 13.8 Å². The molecule has 1 aromatic rings. The fourth-order valence-electron chi connectivity index (χ4n) is 4.40. The van der Waals surface area contributed by atoms with Crippen molar-refractivity contribution >= 4 is 28.7 Å². The number of allylic oxidation sites excluding steroid dienone is 1. The standard InChI is InChI=1S/C25H31F3N4O2S/c1-5-12-29-17(3)21(33)32-13-10-18(11-14-32)15-24(4)22(34)31-23(35-24)30-16(2)19-8-6-7-9-20(19)25(26,27)28/h5-9,12,16,18,29H,3,10-11,13-15H2,1-2,4H3,(H,30,31,34)/b12-5-. The van der Waals surface area contributed by atoms with Gasteiger partial charge in [-0.05, 0) is 63.8 Å². The number of hydrogen-bond donors (Lipinski definition) is 2. The average molecular weight is 509 g/mol. The second-order valence-corrected chi connectivity index (χ2v) is 10.5. The van der Waals surface area contributed by atoms with E-state index in [2.05, 4.69) is 22.2 Å². The Morgan fingerprint density at radius 1 is 1.37 bits per heavy atom. The number of likely N-dealkylation sites (tertiary alicyclic amines) is 1. The smallest absolute Gasteiger partial charge is 0.358 e. The van der Waals surface area contributed by atoms with Crippen LogP contribution < -0.4 is 10.6 Å². The minimum atomic E-state index is -4.48. The Morgan fingerprint density at radius 3 is 2.66 bits per heavy atom. The van der Waals surface area contributed by atoms with Gasteiger partial charge in [-0.25, -0.2) is 0 Å². The van der Waals surface area contributed by atoms with Crippen LogP contribution in [0, 0.1) is 5.92 Å². The molecule has 0 aliphatic carbocycles. The maximum atomic E-state index is 13.4. The van der Waals surface area contributed by atoms with Gasteiger partial charge in [0.1, 0.15) is 0 Å². The normalized spacial score (nSPS) is 23.5. The van der Waals surface area contributed by atoms with Gasteiger partial charge in [-0.2, -0.15) is 13.2 Å². The van der Waals surface area contributed by atoms with Crippen LogP contribution in [0.4, 0.5) is 13.2 Å². The zero-order chi connectivity index (χ0) is 25.8. The van der Waals surface area contributed by atoms with Crippen LogP contribution in [0.15, 0.2) is 53.8 Å². The lowest BCUT2D eigenvalue weighted by Crippen LogP contribution is -2.43. The van der Waals surface area contributed by atoms with Gasteiger partial charge in [0.15, 0.2) is 5.17 Å². The monoisotopic (exact) mass is 508 g/mol. The molecule has 2 heterocycles. The first kappa shape index (κ1) is 26.8. The molecule has 6 nitrogen and oxygen atoms in total. The summed E-state index contributed by atoms with van der Waals surface area (Å²) in [5.74, 6) is -0.0925. The number of piperidine rings is 1. The number of nitrogens with zero attached hydrogens (tertiary/aromatic N) is 2. The first-order valence-electron chi connectivity index (χ1n) is 11.5. The molecular weight excluding hydrogens is 477 g/mol. The quantitative estimate of drug-likeness (QED) is 0.508. The molecule has 0 aromatic heterocycles. The summed E-state index contributed by atoms with van der Waals surface area (Å²) in [6.45, 7) is 10.2. The summed E-state index contributed by atoms with van der Waals surface area (Å²) in [4.78, 5) is 31.5. The predicted molar refractivity (Wildman–Crippen MR) is 132 cm³/mol. The second-order valence-electron chi connectivity index (χ2n) is 9.04. The summed E-state index contributed by atoms with van der Waals surface area (Å²) in [7, 11) is 0. The van der Waals surface area contributed by atoms with Crippen LogP contribution in [0.25, 0.3) is 0 Å². The first-order valence-corrected chi connectivity index (χ1v) is 12.4. The third-order valence-electron chi connectivity index (χ3n) is 6.31. The number of amidine groups is 1. The molecule has 2 aliphatic rings. The maximum absolute atomic E-state index is 13.4. The number of aliphatic imine (C=N–C) groups is 1. The van der Waals surface area contributed by atoms with E-state index < -0.39 is 22.5 Å². The Morgan fingerprint density at radius 2 is 2.03 bits per heavy atom. The number of rotatable bonds is 7. The number of nitrogens with one attached hydrogen (secondary N) is 2. The van der Waals surface area contributed by atoms with Crippen molar-refractivity contribution in [3.05, 3.63) is 59.9 Å². The van der Waals surface area contributed by atoms with E-state index in [0.29, 0.717) is 30.4 Å². The second kappa shape index (κ2) is 10.9. The lowest BCUT2D eigenvalue weighted by atomic mass is 9.87. The molecule has 2 atom stereocenters. The van der Waals surface area contributed by atoms with Crippen LogP contribution in [-0.4, -0.2) is 39.7 Å². The lowest BCUT2D eigenvalue weighted by molar-refractivity contribution is -0.138. The summed E-state index contributed by atoms with van der Waals surface area (Å²) in [5, 5.41) is 5.95. The Bertz CT molecular complexity index is 1030. The lowest BCUT2D eigenvalue weighted by Gasteiger charge is -2.35. The maximum Gasteiger partial charge on any atom is 0.416 e. The highest BCUT2D eigenvalue weighted by atomic mass is 32.2. The molecule has 0 spiro atoms. The van der Waals surface area contributed by atoms with Gasteiger partial charge in [0.25, 0.3) is 5.91 Å². The minimum Gasteiger partial charge on any atom is -0.358 e. The molecular formula is C25H31F3N4O2S. The number of halogens is 3. The molecule has 0 radical (unpaired) electrons. The topological polar surface area (TPSA) is 73.8 Å². The molecule has 1 aromatic carbocycles. The van der Waals surface area contributed by atoms with Gasteiger partial charge in [-0.3, -0.25) is 14.6 Å². The number of carbonyl (C=O) groups is 2. The Balaban J connectivity index is 1.61. The molecule has 2 amide bonds. The van der Waals surface area contributed by atoms with Crippen molar-refractivity contribution in [2.75, 3.05) is 13.1 Å². The van der Waals surface area contributed by atoms with Gasteiger partial charge >= 0.3 is 6.18 Å². The van der Waals surface area contributed by atoms with E-state index in [0.717, 1.165) is 18.9 Å². The van der Waals surface area contributed by atoms with Gasteiger partial charge in [0, 0.05) is 13.1 Å². The molecule has 35 heavy (non-hydrogen) atoms. The molecule has 2 N–H and O–H groups in total. The van der Waals surface area contributed by atoms with Crippen molar-refractivity contribution in [2.24, 2.45) is 10.9 Å². The van der Waals surface area contributed by atoms with E-state index in [1.54, 1.807) is 30.2 Å². The summed E-state index contributed by atoms with van der Waals surface area (Å²) in [6, 6.07) is 4.59. The molecule has 0 bridgehead atoms. The van der Waals surface area contributed by atoms with E-state index in [4.69, 9.17) is 0 Å². The molecule has 2 unspecified atom stereocenters. The Labute approximate surface area is 208 Å². The molecule has 10 heteroatoms. The van der Waals surface area contributed by atoms with Gasteiger partial charge in [-0.1, -0.05) is 42.6 Å². The highest BCUT2D eigenvalue weighted by Gasteiger charge is 2.45. The van der Waals surface area contributed by atoms with E-state index in [1.165, 1.54) is 23.9 Å². The third-order valence-corrected chi connectivity index (χ3v) is 7.52. The molecule has 2 aliphatic heterocycles. The van der Waals surface area contributed by atoms with Crippen LogP contribution in [0.1, 0.15) is 57.2 Å². The van der Waals surface area contributed by atoms with Gasteiger partial charge in [-0.15, -0.1) is 0 Å². The predicted octanol–water partition coefficient (Wildman–Crippen LogP) is 5.01. The Kier molecular flexibility index (Phi) is 8.35. The summed E-state index contributed by atoms with van der Waals surface area (Å²) < 4.78 is 39.4. The fourth-order valence-corrected chi connectivity index (χ4v) is 5.64. The van der Waals surface area contributed by atoms with Crippen molar-refractivity contribution in [1.29, 1.82) is 0 Å².